The molecule has 68 valence electrons. The zero-order valence-electron chi connectivity index (χ0n) is 7.22. The molecule has 2 aliphatic heterocycles. The highest BCUT2D eigenvalue weighted by atomic mass is 16.5. The van der Waals surface area contributed by atoms with Gasteiger partial charge in [0.2, 0.25) is 0 Å². The van der Waals surface area contributed by atoms with Gasteiger partial charge in [0.1, 0.15) is 5.54 Å². The van der Waals surface area contributed by atoms with Gasteiger partial charge in [-0.2, -0.15) is 0 Å². The Hall–Kier alpha value is -0.610. The Kier molecular flexibility index (Phi) is 1.81. The van der Waals surface area contributed by atoms with Crippen LogP contribution in [0.3, 0.4) is 0 Å². The van der Waals surface area contributed by atoms with Crippen molar-refractivity contribution in [1.29, 1.82) is 0 Å². The lowest BCUT2D eigenvalue weighted by molar-refractivity contribution is -0.148. The predicted octanol–water partition coefficient (Wildman–Crippen LogP) is -0.889. The molecule has 4 heteroatoms. The number of carbonyl (C=O) groups is 1. The van der Waals surface area contributed by atoms with Gasteiger partial charge in [-0.1, -0.05) is 0 Å². The van der Waals surface area contributed by atoms with Crippen molar-refractivity contribution < 1.29 is 9.53 Å². The number of esters is 1. The Morgan fingerprint density at radius 1 is 1.67 bits per heavy atom. The molecule has 0 unspecified atom stereocenters. The van der Waals surface area contributed by atoms with Crippen LogP contribution in [0, 0.1) is 5.92 Å². The summed E-state index contributed by atoms with van der Waals surface area (Å²) in [7, 11) is 1.45. The van der Waals surface area contributed by atoms with Gasteiger partial charge in [-0.05, 0) is 13.0 Å². The molecule has 2 rings (SSSR count). The average Bonchev–Trinajstić information content (AvgIpc) is 2.60. The van der Waals surface area contributed by atoms with Gasteiger partial charge in [0, 0.05) is 19.0 Å². The van der Waals surface area contributed by atoms with Crippen LogP contribution in [0.4, 0.5) is 0 Å². The van der Waals surface area contributed by atoms with E-state index < -0.39 is 5.54 Å². The summed E-state index contributed by atoms with van der Waals surface area (Å²) in [6.07, 6.45) is 1.07. The van der Waals surface area contributed by atoms with E-state index in [0.717, 1.165) is 19.5 Å². The van der Waals surface area contributed by atoms with E-state index >= 15 is 0 Å². The second-order valence-corrected chi connectivity index (χ2v) is 3.51. The number of rotatable bonds is 1. The van der Waals surface area contributed by atoms with E-state index in [1.54, 1.807) is 0 Å². The molecule has 2 N–H and O–H groups in total. The fourth-order valence-electron chi connectivity index (χ4n) is 2.28. The number of nitrogens with one attached hydrogen (secondary N) is 2. The standard InChI is InChI=1S/C8H14N2O2/c1-12-7(11)8-5-9-4-6(8)2-3-10-8/h6,9-10H,2-5H2,1H3/t6-,8+/m1/s1. The zero-order valence-corrected chi connectivity index (χ0v) is 7.22. The Balaban J connectivity index is 2.21. The minimum atomic E-state index is -0.408. The van der Waals surface area contributed by atoms with Crippen molar-refractivity contribution in [3.8, 4) is 0 Å². The maximum absolute atomic E-state index is 11.5. The first-order valence-electron chi connectivity index (χ1n) is 4.34. The summed E-state index contributed by atoms with van der Waals surface area (Å²) in [6, 6.07) is 0. The van der Waals surface area contributed by atoms with Crippen LogP contribution in [0.15, 0.2) is 0 Å². The SMILES string of the molecule is COC(=O)[C@]12CNC[C@H]1CCN2. The summed E-state index contributed by atoms with van der Waals surface area (Å²) in [4.78, 5) is 11.5. The monoisotopic (exact) mass is 170 g/mol. The molecule has 0 spiro atoms. The molecule has 4 nitrogen and oxygen atoms in total. The van der Waals surface area contributed by atoms with Crippen molar-refractivity contribution in [2.75, 3.05) is 26.7 Å². The number of fused-ring (bicyclic) bond motifs is 1. The lowest BCUT2D eigenvalue weighted by atomic mass is 9.89. The van der Waals surface area contributed by atoms with Crippen molar-refractivity contribution in [1.82, 2.24) is 10.6 Å². The molecule has 0 bridgehead atoms. The molecule has 0 radical (unpaired) electrons. The van der Waals surface area contributed by atoms with Crippen LogP contribution in [0.2, 0.25) is 0 Å². The van der Waals surface area contributed by atoms with Crippen molar-refractivity contribution in [2.45, 2.75) is 12.0 Å². The molecule has 2 saturated heterocycles. The molecule has 2 heterocycles. The van der Waals surface area contributed by atoms with Crippen LogP contribution in [0.25, 0.3) is 0 Å². The van der Waals surface area contributed by atoms with Crippen LogP contribution in [-0.2, 0) is 9.53 Å². The first kappa shape index (κ1) is 8.01. The van der Waals surface area contributed by atoms with Crippen molar-refractivity contribution in [3.63, 3.8) is 0 Å². The normalized spacial score (nSPS) is 39.6. The van der Waals surface area contributed by atoms with Crippen LogP contribution in [0.5, 0.6) is 0 Å². The van der Waals surface area contributed by atoms with Crippen molar-refractivity contribution >= 4 is 5.97 Å². The van der Waals surface area contributed by atoms with Gasteiger partial charge >= 0.3 is 5.97 Å². The summed E-state index contributed by atoms with van der Waals surface area (Å²) in [6.45, 7) is 2.58. The summed E-state index contributed by atoms with van der Waals surface area (Å²) < 4.78 is 4.80. The number of hydrogen-bond donors (Lipinski definition) is 2. The molecule has 0 aromatic carbocycles. The average molecular weight is 170 g/mol. The van der Waals surface area contributed by atoms with Crippen LogP contribution in [-0.4, -0.2) is 38.3 Å². The van der Waals surface area contributed by atoms with E-state index in [1.165, 1.54) is 7.11 Å². The third kappa shape index (κ3) is 0.881. The zero-order chi connectivity index (χ0) is 8.60. The number of ether oxygens (including phenoxy) is 1. The molecular weight excluding hydrogens is 156 g/mol. The highest BCUT2D eigenvalue weighted by Gasteiger charge is 2.52. The topological polar surface area (TPSA) is 50.4 Å². The maximum Gasteiger partial charge on any atom is 0.327 e. The highest BCUT2D eigenvalue weighted by molar-refractivity contribution is 5.82. The fraction of sp³-hybridized carbons (Fsp3) is 0.875. The second-order valence-electron chi connectivity index (χ2n) is 3.51. The highest BCUT2D eigenvalue weighted by Crippen LogP contribution is 2.30. The van der Waals surface area contributed by atoms with Gasteiger partial charge in [0.25, 0.3) is 0 Å². The third-order valence-electron chi connectivity index (χ3n) is 2.97. The van der Waals surface area contributed by atoms with Gasteiger partial charge in [0.05, 0.1) is 7.11 Å². The van der Waals surface area contributed by atoms with Gasteiger partial charge in [0.15, 0.2) is 0 Å². The Labute approximate surface area is 71.7 Å². The Bertz CT molecular complexity index is 195. The fourth-order valence-corrected chi connectivity index (χ4v) is 2.28. The van der Waals surface area contributed by atoms with Crippen LogP contribution < -0.4 is 10.6 Å². The maximum atomic E-state index is 11.5. The van der Waals surface area contributed by atoms with Crippen molar-refractivity contribution in [2.24, 2.45) is 5.92 Å². The van der Waals surface area contributed by atoms with Crippen LogP contribution >= 0.6 is 0 Å². The van der Waals surface area contributed by atoms with Gasteiger partial charge < -0.3 is 15.4 Å². The molecule has 0 amide bonds. The quantitative estimate of drug-likeness (QED) is 0.501. The number of carbonyl (C=O) groups excluding carboxylic acids is 1. The van der Waals surface area contributed by atoms with E-state index in [9.17, 15) is 4.79 Å². The molecule has 0 aromatic heterocycles. The number of methoxy groups -OCH3 is 1. The second kappa shape index (κ2) is 2.71. The minimum absolute atomic E-state index is 0.116. The predicted molar refractivity (Wildman–Crippen MR) is 43.7 cm³/mol. The summed E-state index contributed by atoms with van der Waals surface area (Å²) in [5.74, 6) is 0.306. The summed E-state index contributed by atoms with van der Waals surface area (Å²) >= 11 is 0. The molecule has 0 saturated carbocycles. The lowest BCUT2D eigenvalue weighted by Gasteiger charge is -2.24. The lowest BCUT2D eigenvalue weighted by Crippen LogP contribution is -2.53. The number of hydrogen-bond acceptors (Lipinski definition) is 4. The summed E-state index contributed by atoms with van der Waals surface area (Å²) in [5.41, 5.74) is -0.408. The summed E-state index contributed by atoms with van der Waals surface area (Å²) in [5, 5.41) is 6.46. The van der Waals surface area contributed by atoms with E-state index in [4.69, 9.17) is 4.74 Å². The van der Waals surface area contributed by atoms with E-state index in [0.29, 0.717) is 12.5 Å². The molecule has 0 aliphatic carbocycles. The molecule has 2 fully saturated rings. The van der Waals surface area contributed by atoms with E-state index in [2.05, 4.69) is 10.6 Å². The smallest absolute Gasteiger partial charge is 0.327 e. The minimum Gasteiger partial charge on any atom is -0.468 e. The van der Waals surface area contributed by atoms with E-state index in [-0.39, 0.29) is 5.97 Å². The van der Waals surface area contributed by atoms with E-state index in [1.807, 2.05) is 0 Å². The molecule has 0 aromatic rings. The third-order valence-corrected chi connectivity index (χ3v) is 2.97. The Morgan fingerprint density at radius 2 is 2.50 bits per heavy atom. The Morgan fingerprint density at radius 3 is 3.25 bits per heavy atom. The first-order valence-corrected chi connectivity index (χ1v) is 4.34. The molecule has 2 aliphatic rings. The van der Waals surface area contributed by atoms with Gasteiger partial charge in [-0.15, -0.1) is 0 Å². The van der Waals surface area contributed by atoms with Crippen molar-refractivity contribution in [3.05, 3.63) is 0 Å². The molecule has 12 heavy (non-hydrogen) atoms. The largest absolute Gasteiger partial charge is 0.468 e. The van der Waals surface area contributed by atoms with Crippen LogP contribution in [0.1, 0.15) is 6.42 Å². The van der Waals surface area contributed by atoms with Gasteiger partial charge in [-0.25, -0.2) is 4.79 Å². The van der Waals surface area contributed by atoms with Gasteiger partial charge in [-0.3, -0.25) is 0 Å². The molecular formula is C8H14N2O2. The molecule has 2 atom stereocenters. The first-order chi connectivity index (χ1) is 5.79.